The summed E-state index contributed by atoms with van der Waals surface area (Å²) in [7, 11) is 0. The first kappa shape index (κ1) is 16.4. The maximum absolute atomic E-state index is 11.8. The number of likely N-dealkylation sites (tertiary alicyclic amines) is 1. The van der Waals surface area contributed by atoms with Gasteiger partial charge in [-0.3, -0.25) is 14.4 Å². The van der Waals surface area contributed by atoms with Crippen molar-refractivity contribution in [2.45, 2.75) is 38.6 Å². The molecule has 7 heteroatoms. The van der Waals surface area contributed by atoms with Gasteiger partial charge in [-0.25, -0.2) is 0 Å². The summed E-state index contributed by atoms with van der Waals surface area (Å²) in [5.41, 5.74) is 5.15. The van der Waals surface area contributed by atoms with Gasteiger partial charge in [0.2, 0.25) is 17.7 Å². The number of hydrogen-bond acceptors (Lipinski definition) is 4. The smallest absolute Gasteiger partial charge is 0.241 e. The fourth-order valence-electron chi connectivity index (χ4n) is 2.16. The summed E-state index contributed by atoms with van der Waals surface area (Å²) in [4.78, 5) is 36.0. The highest BCUT2D eigenvalue weighted by molar-refractivity contribution is 5.85. The minimum absolute atomic E-state index is 0.0110. The molecular weight excluding hydrogens is 260 g/mol. The molecule has 0 aromatic rings. The van der Waals surface area contributed by atoms with Crippen LogP contribution in [0.3, 0.4) is 0 Å². The minimum Gasteiger partial charge on any atom is -0.353 e. The molecule has 0 aromatic heterocycles. The lowest BCUT2D eigenvalue weighted by atomic mass is 10.0. The Hall–Kier alpha value is -1.63. The molecule has 1 saturated heterocycles. The van der Waals surface area contributed by atoms with Crippen molar-refractivity contribution >= 4 is 17.7 Å². The Morgan fingerprint density at radius 3 is 2.40 bits per heavy atom. The first-order valence-corrected chi connectivity index (χ1v) is 7.10. The number of rotatable bonds is 6. The topological polar surface area (TPSA) is 105 Å². The number of amides is 3. The number of hydrogen-bond donors (Lipinski definition) is 3. The molecule has 7 nitrogen and oxygen atoms in total. The van der Waals surface area contributed by atoms with Gasteiger partial charge < -0.3 is 21.3 Å². The summed E-state index contributed by atoms with van der Waals surface area (Å²) in [6.45, 7) is 3.06. The van der Waals surface area contributed by atoms with Gasteiger partial charge in [0.25, 0.3) is 0 Å². The van der Waals surface area contributed by atoms with Crippen LogP contribution < -0.4 is 16.4 Å². The Kier molecular flexibility index (Phi) is 7.00. The predicted molar refractivity (Wildman–Crippen MR) is 74.7 cm³/mol. The zero-order chi connectivity index (χ0) is 15.0. The van der Waals surface area contributed by atoms with Crippen molar-refractivity contribution in [3.8, 4) is 0 Å². The van der Waals surface area contributed by atoms with Crippen molar-refractivity contribution in [2.24, 2.45) is 5.73 Å². The molecule has 1 fully saturated rings. The zero-order valence-electron chi connectivity index (χ0n) is 12.0. The summed E-state index contributed by atoms with van der Waals surface area (Å²) in [5, 5.41) is 5.44. The number of nitrogens with two attached hydrogens (primary N) is 1. The molecule has 4 N–H and O–H groups in total. The van der Waals surface area contributed by atoms with Crippen LogP contribution >= 0.6 is 0 Å². The fraction of sp³-hybridized carbons (Fsp3) is 0.769. The predicted octanol–water partition coefficient (Wildman–Crippen LogP) is -1.03. The van der Waals surface area contributed by atoms with E-state index in [0.29, 0.717) is 19.5 Å². The first-order chi connectivity index (χ1) is 9.56. The molecule has 1 aliphatic rings. The van der Waals surface area contributed by atoms with Gasteiger partial charge in [-0.15, -0.1) is 0 Å². The van der Waals surface area contributed by atoms with Gasteiger partial charge in [-0.2, -0.15) is 0 Å². The SMILES string of the molecule is CCCC(=O)NC1CCN(C(=O)CNC(=O)CN)CC1. The average Bonchev–Trinajstić information content (AvgIpc) is 2.45. The van der Waals surface area contributed by atoms with Crippen molar-refractivity contribution in [1.29, 1.82) is 0 Å². The van der Waals surface area contributed by atoms with Gasteiger partial charge in [0, 0.05) is 25.6 Å². The Morgan fingerprint density at radius 1 is 1.20 bits per heavy atom. The van der Waals surface area contributed by atoms with Crippen molar-refractivity contribution in [3.05, 3.63) is 0 Å². The van der Waals surface area contributed by atoms with Crippen LogP contribution in [0.5, 0.6) is 0 Å². The highest BCUT2D eigenvalue weighted by Gasteiger charge is 2.23. The minimum atomic E-state index is -0.333. The Bertz CT molecular complexity index is 352. The van der Waals surface area contributed by atoms with E-state index in [4.69, 9.17) is 5.73 Å². The molecule has 0 aromatic carbocycles. The van der Waals surface area contributed by atoms with Crippen LogP contribution in [-0.2, 0) is 14.4 Å². The number of carbonyl (C=O) groups is 3. The highest BCUT2D eigenvalue weighted by atomic mass is 16.2. The first-order valence-electron chi connectivity index (χ1n) is 7.10. The maximum atomic E-state index is 11.8. The maximum Gasteiger partial charge on any atom is 0.241 e. The van der Waals surface area contributed by atoms with Crippen LogP contribution in [0, 0.1) is 0 Å². The summed E-state index contributed by atoms with van der Waals surface area (Å²) >= 11 is 0. The second-order valence-corrected chi connectivity index (χ2v) is 4.95. The summed E-state index contributed by atoms with van der Waals surface area (Å²) in [6.07, 6.45) is 2.90. The largest absolute Gasteiger partial charge is 0.353 e. The third-order valence-electron chi connectivity index (χ3n) is 3.31. The second kappa shape index (κ2) is 8.52. The van der Waals surface area contributed by atoms with Crippen LogP contribution in [0.2, 0.25) is 0 Å². The van der Waals surface area contributed by atoms with E-state index in [-0.39, 0.29) is 36.9 Å². The van der Waals surface area contributed by atoms with Crippen LogP contribution in [0.1, 0.15) is 32.6 Å². The van der Waals surface area contributed by atoms with E-state index >= 15 is 0 Å². The molecule has 3 amide bonds. The third kappa shape index (κ3) is 5.56. The Balaban J connectivity index is 2.25. The van der Waals surface area contributed by atoms with Gasteiger partial charge in [0.05, 0.1) is 13.1 Å². The molecule has 0 atom stereocenters. The number of piperidine rings is 1. The highest BCUT2D eigenvalue weighted by Crippen LogP contribution is 2.10. The molecule has 1 rings (SSSR count). The molecule has 20 heavy (non-hydrogen) atoms. The van der Waals surface area contributed by atoms with E-state index in [2.05, 4.69) is 10.6 Å². The van der Waals surface area contributed by atoms with Crippen molar-refractivity contribution < 1.29 is 14.4 Å². The number of nitrogens with one attached hydrogen (secondary N) is 2. The van der Waals surface area contributed by atoms with Crippen LogP contribution in [0.4, 0.5) is 0 Å². The average molecular weight is 284 g/mol. The van der Waals surface area contributed by atoms with E-state index in [1.165, 1.54) is 0 Å². The molecule has 0 aliphatic carbocycles. The summed E-state index contributed by atoms with van der Waals surface area (Å²) in [6, 6.07) is 0.150. The number of carbonyl (C=O) groups excluding carboxylic acids is 3. The second-order valence-electron chi connectivity index (χ2n) is 4.95. The van der Waals surface area contributed by atoms with E-state index in [1.807, 2.05) is 6.92 Å². The molecule has 0 unspecified atom stereocenters. The Labute approximate surface area is 119 Å². The molecule has 0 saturated carbocycles. The van der Waals surface area contributed by atoms with Crippen LogP contribution in [-0.4, -0.2) is 54.8 Å². The molecular formula is C13H24N4O3. The van der Waals surface area contributed by atoms with Crippen LogP contribution in [0.25, 0.3) is 0 Å². The van der Waals surface area contributed by atoms with E-state index < -0.39 is 0 Å². The third-order valence-corrected chi connectivity index (χ3v) is 3.31. The lowest BCUT2D eigenvalue weighted by Crippen LogP contribution is -2.49. The van der Waals surface area contributed by atoms with Gasteiger partial charge in [0.15, 0.2) is 0 Å². The molecule has 1 aliphatic heterocycles. The van der Waals surface area contributed by atoms with Gasteiger partial charge >= 0.3 is 0 Å². The lowest BCUT2D eigenvalue weighted by Gasteiger charge is -2.32. The quantitative estimate of drug-likeness (QED) is 0.580. The molecule has 1 heterocycles. The molecule has 0 radical (unpaired) electrons. The van der Waals surface area contributed by atoms with Crippen molar-refractivity contribution in [1.82, 2.24) is 15.5 Å². The van der Waals surface area contributed by atoms with Gasteiger partial charge in [0.1, 0.15) is 0 Å². The molecule has 0 spiro atoms. The van der Waals surface area contributed by atoms with E-state index in [9.17, 15) is 14.4 Å². The number of nitrogens with zero attached hydrogens (tertiary/aromatic N) is 1. The van der Waals surface area contributed by atoms with Gasteiger partial charge in [-0.1, -0.05) is 6.92 Å². The fourth-order valence-corrected chi connectivity index (χ4v) is 2.16. The standard InChI is InChI=1S/C13H24N4O3/c1-2-3-11(18)16-10-4-6-17(7-5-10)13(20)9-15-12(19)8-14/h10H,2-9,14H2,1H3,(H,15,19)(H,16,18). The van der Waals surface area contributed by atoms with E-state index in [0.717, 1.165) is 19.3 Å². The summed E-state index contributed by atoms with van der Waals surface area (Å²) in [5.74, 6) is -0.363. The molecule has 114 valence electrons. The normalized spacial score (nSPS) is 15.8. The van der Waals surface area contributed by atoms with Crippen molar-refractivity contribution in [2.75, 3.05) is 26.2 Å². The zero-order valence-corrected chi connectivity index (χ0v) is 12.0. The van der Waals surface area contributed by atoms with Gasteiger partial charge in [-0.05, 0) is 19.3 Å². The Morgan fingerprint density at radius 2 is 1.85 bits per heavy atom. The lowest BCUT2D eigenvalue weighted by molar-refractivity contribution is -0.133. The van der Waals surface area contributed by atoms with Crippen molar-refractivity contribution in [3.63, 3.8) is 0 Å². The molecule has 0 bridgehead atoms. The monoisotopic (exact) mass is 284 g/mol. The summed E-state index contributed by atoms with van der Waals surface area (Å²) < 4.78 is 0. The van der Waals surface area contributed by atoms with E-state index in [1.54, 1.807) is 4.90 Å². The van der Waals surface area contributed by atoms with Crippen LogP contribution in [0.15, 0.2) is 0 Å².